The molecule has 0 bridgehead atoms. The third-order valence-corrected chi connectivity index (χ3v) is 4.41. The molecule has 0 fully saturated rings. The number of rotatable bonds is 4. The number of nitrogens with one attached hydrogen (secondary N) is 2. The van der Waals surface area contributed by atoms with E-state index in [1.807, 2.05) is 48.5 Å². The van der Waals surface area contributed by atoms with Crippen molar-refractivity contribution >= 4 is 40.6 Å². The van der Waals surface area contributed by atoms with E-state index in [-0.39, 0.29) is 6.61 Å². The van der Waals surface area contributed by atoms with Gasteiger partial charge in [0.25, 0.3) is 0 Å². The summed E-state index contributed by atoms with van der Waals surface area (Å²) in [6.45, 7) is 2.06. The number of thiocarbonyl (C=S) groups is 1. The van der Waals surface area contributed by atoms with Crippen LogP contribution in [0.4, 0.5) is 0 Å². The lowest BCUT2D eigenvalue weighted by atomic mass is 9.93. The summed E-state index contributed by atoms with van der Waals surface area (Å²) in [6.07, 6.45) is 0. The Morgan fingerprint density at radius 3 is 2.52 bits per heavy atom. The van der Waals surface area contributed by atoms with Crippen molar-refractivity contribution in [1.29, 1.82) is 0 Å². The highest BCUT2D eigenvalue weighted by atomic mass is 35.5. The van der Waals surface area contributed by atoms with Gasteiger partial charge in [0, 0.05) is 5.02 Å². The van der Waals surface area contributed by atoms with Gasteiger partial charge in [-0.1, -0.05) is 60.1 Å². The maximum Gasteiger partial charge on any atom is 0.338 e. The molecule has 1 aliphatic rings. The van der Waals surface area contributed by atoms with E-state index in [1.54, 1.807) is 13.0 Å². The molecule has 25 heavy (non-hydrogen) atoms. The van der Waals surface area contributed by atoms with E-state index < -0.39 is 12.0 Å². The number of benzene rings is 2. The summed E-state index contributed by atoms with van der Waals surface area (Å²) in [7, 11) is 0. The second kappa shape index (κ2) is 7.68. The lowest BCUT2D eigenvalue weighted by Crippen LogP contribution is -2.45. The third-order valence-electron chi connectivity index (χ3n) is 3.85. The molecule has 0 spiro atoms. The quantitative estimate of drug-likeness (QED) is 0.631. The first kappa shape index (κ1) is 17.5. The van der Waals surface area contributed by atoms with Crippen molar-refractivity contribution in [2.24, 2.45) is 0 Å². The Hall–Kier alpha value is -2.37. The fourth-order valence-electron chi connectivity index (χ4n) is 2.77. The summed E-state index contributed by atoms with van der Waals surface area (Å²) in [4.78, 5) is 12.7. The normalized spacial score (nSPS) is 16.9. The number of halogens is 1. The van der Waals surface area contributed by atoms with Gasteiger partial charge in [-0.05, 0) is 36.3 Å². The number of esters is 1. The van der Waals surface area contributed by atoms with Crippen LogP contribution in [0.15, 0.2) is 60.2 Å². The van der Waals surface area contributed by atoms with Crippen molar-refractivity contribution in [3.8, 4) is 0 Å². The van der Waals surface area contributed by atoms with Gasteiger partial charge in [-0.2, -0.15) is 0 Å². The van der Waals surface area contributed by atoms with Gasteiger partial charge < -0.3 is 15.4 Å². The first-order chi connectivity index (χ1) is 12.1. The summed E-state index contributed by atoms with van der Waals surface area (Å²) in [5.74, 6) is -0.409. The first-order valence-electron chi connectivity index (χ1n) is 7.90. The monoisotopic (exact) mass is 372 g/mol. The van der Waals surface area contributed by atoms with Crippen molar-refractivity contribution in [1.82, 2.24) is 10.6 Å². The molecule has 1 heterocycles. The van der Waals surface area contributed by atoms with Gasteiger partial charge in [0.2, 0.25) is 0 Å². The molecule has 1 aliphatic heterocycles. The fourth-order valence-corrected chi connectivity index (χ4v) is 3.23. The van der Waals surface area contributed by atoms with E-state index in [4.69, 9.17) is 28.6 Å². The Bertz CT molecular complexity index is 836. The van der Waals surface area contributed by atoms with Gasteiger partial charge >= 0.3 is 5.97 Å². The van der Waals surface area contributed by atoms with Crippen LogP contribution in [0.3, 0.4) is 0 Å². The first-order valence-corrected chi connectivity index (χ1v) is 8.69. The van der Waals surface area contributed by atoms with E-state index in [1.165, 1.54) is 0 Å². The second-order valence-corrected chi connectivity index (χ2v) is 6.24. The van der Waals surface area contributed by atoms with E-state index >= 15 is 0 Å². The molecular formula is C19H17ClN2O2S. The van der Waals surface area contributed by atoms with Crippen LogP contribution in [-0.2, 0) is 9.53 Å². The van der Waals surface area contributed by atoms with Crippen molar-refractivity contribution in [3.63, 3.8) is 0 Å². The molecule has 0 amide bonds. The van der Waals surface area contributed by atoms with Crippen LogP contribution < -0.4 is 10.6 Å². The molecule has 0 saturated heterocycles. The molecule has 0 aliphatic carbocycles. The van der Waals surface area contributed by atoms with Crippen LogP contribution in [0.25, 0.3) is 5.70 Å². The van der Waals surface area contributed by atoms with E-state index in [0.29, 0.717) is 21.4 Å². The van der Waals surface area contributed by atoms with Crippen LogP contribution in [0.5, 0.6) is 0 Å². The maximum absolute atomic E-state index is 12.7. The molecule has 0 unspecified atom stereocenters. The highest BCUT2D eigenvalue weighted by Gasteiger charge is 2.33. The zero-order chi connectivity index (χ0) is 17.8. The molecule has 6 heteroatoms. The summed E-state index contributed by atoms with van der Waals surface area (Å²) >= 11 is 11.7. The van der Waals surface area contributed by atoms with Crippen molar-refractivity contribution in [2.75, 3.05) is 6.61 Å². The SMILES string of the molecule is CCOC(=O)C1=C(c2ccccc2)NC(=S)N[C@H]1c1ccccc1Cl. The Morgan fingerprint density at radius 2 is 1.84 bits per heavy atom. The van der Waals surface area contributed by atoms with Crippen molar-refractivity contribution in [2.45, 2.75) is 13.0 Å². The number of hydrogen-bond donors (Lipinski definition) is 2. The highest BCUT2D eigenvalue weighted by molar-refractivity contribution is 7.80. The molecule has 0 aromatic heterocycles. The Balaban J connectivity index is 2.20. The predicted octanol–water partition coefficient (Wildman–Crippen LogP) is 3.83. The standard InChI is InChI=1S/C19H17ClN2O2S/c1-2-24-18(23)15-16(12-8-4-3-5-9-12)21-19(25)22-17(15)13-10-6-7-11-14(13)20/h3-11,17H,2H2,1H3,(H2,21,22,25)/t17-/m0/s1. The largest absolute Gasteiger partial charge is 0.463 e. The molecule has 4 nitrogen and oxygen atoms in total. The van der Waals surface area contributed by atoms with Gasteiger partial charge in [0.05, 0.1) is 23.9 Å². The Morgan fingerprint density at radius 1 is 1.16 bits per heavy atom. The molecule has 0 saturated carbocycles. The van der Waals surface area contributed by atoms with Crippen molar-refractivity contribution in [3.05, 3.63) is 76.3 Å². The third kappa shape index (κ3) is 3.67. The predicted molar refractivity (Wildman–Crippen MR) is 103 cm³/mol. The minimum atomic E-state index is -0.489. The molecule has 3 rings (SSSR count). The zero-order valence-corrected chi connectivity index (χ0v) is 15.2. The summed E-state index contributed by atoms with van der Waals surface area (Å²) in [5, 5.41) is 7.22. The number of carbonyl (C=O) groups is 1. The molecular weight excluding hydrogens is 356 g/mol. The number of carbonyl (C=O) groups excluding carboxylic acids is 1. The van der Waals surface area contributed by atoms with Crippen LogP contribution in [0.2, 0.25) is 5.02 Å². The Labute approximate surface area is 156 Å². The van der Waals surface area contributed by atoms with E-state index in [0.717, 1.165) is 11.1 Å². The smallest absolute Gasteiger partial charge is 0.338 e. The second-order valence-electron chi connectivity index (χ2n) is 5.43. The lowest BCUT2D eigenvalue weighted by Gasteiger charge is -2.31. The van der Waals surface area contributed by atoms with Gasteiger partial charge in [0.15, 0.2) is 5.11 Å². The summed E-state index contributed by atoms with van der Waals surface area (Å²) in [6, 6.07) is 16.4. The van der Waals surface area contributed by atoms with Gasteiger partial charge in [-0.25, -0.2) is 4.79 Å². The summed E-state index contributed by atoms with van der Waals surface area (Å²) in [5.41, 5.74) is 2.71. The van der Waals surface area contributed by atoms with E-state index in [2.05, 4.69) is 10.6 Å². The molecule has 128 valence electrons. The van der Waals surface area contributed by atoms with Gasteiger partial charge in [-0.3, -0.25) is 0 Å². The van der Waals surface area contributed by atoms with Gasteiger partial charge in [-0.15, -0.1) is 0 Å². The number of hydrogen-bond acceptors (Lipinski definition) is 3. The minimum absolute atomic E-state index is 0.282. The molecule has 2 aromatic carbocycles. The maximum atomic E-state index is 12.7. The highest BCUT2D eigenvalue weighted by Crippen LogP contribution is 2.34. The van der Waals surface area contributed by atoms with Crippen molar-refractivity contribution < 1.29 is 9.53 Å². The lowest BCUT2D eigenvalue weighted by molar-refractivity contribution is -0.138. The van der Waals surface area contributed by atoms with Crippen LogP contribution in [0.1, 0.15) is 24.1 Å². The molecule has 0 radical (unpaired) electrons. The molecule has 1 atom stereocenters. The number of ether oxygens (including phenoxy) is 1. The van der Waals surface area contributed by atoms with Gasteiger partial charge in [0.1, 0.15) is 0 Å². The Kier molecular flexibility index (Phi) is 5.36. The summed E-state index contributed by atoms with van der Waals surface area (Å²) < 4.78 is 5.30. The van der Waals surface area contributed by atoms with Crippen LogP contribution in [0, 0.1) is 0 Å². The average molecular weight is 373 g/mol. The average Bonchev–Trinajstić information content (AvgIpc) is 2.62. The van der Waals surface area contributed by atoms with E-state index in [9.17, 15) is 4.79 Å². The zero-order valence-electron chi connectivity index (χ0n) is 13.6. The van der Waals surface area contributed by atoms with Crippen LogP contribution in [-0.4, -0.2) is 17.7 Å². The minimum Gasteiger partial charge on any atom is -0.463 e. The molecule has 2 N–H and O–H groups in total. The van der Waals surface area contributed by atoms with Crippen LogP contribution >= 0.6 is 23.8 Å². The fraction of sp³-hybridized carbons (Fsp3) is 0.158. The molecule has 2 aromatic rings. The topological polar surface area (TPSA) is 50.4 Å².